The van der Waals surface area contributed by atoms with Crippen LogP contribution in [0.5, 0.6) is 0 Å². The molecule has 7 N–H and O–H groups in total. The Morgan fingerprint density at radius 2 is 2.14 bits per heavy atom. The van der Waals surface area contributed by atoms with Crippen LogP contribution in [0.1, 0.15) is 19.3 Å². The zero-order chi connectivity index (χ0) is 21.2. The van der Waals surface area contributed by atoms with Gasteiger partial charge in [0.2, 0.25) is 0 Å². The van der Waals surface area contributed by atoms with Crippen LogP contribution in [0.2, 0.25) is 0 Å². The number of carbonyl (C=O) groups is 2. The number of hydroxylamine groups is 3. The Kier molecular flexibility index (Phi) is 6.42. The SMILES string of the molecule is NC(N)=NC[C@@H]1CN[C@H](CONC(=O)[C@@H]2CC[C@@H]3CN2C(=O)N3OS(=O)(=O)O)C1. The highest BCUT2D eigenvalue weighted by atomic mass is 32.3. The molecule has 14 nitrogen and oxygen atoms in total. The molecule has 3 rings (SSSR count). The van der Waals surface area contributed by atoms with Crippen molar-refractivity contribution >= 4 is 28.3 Å². The number of hydrogen-bond donors (Lipinski definition) is 5. The quantitative estimate of drug-likeness (QED) is 0.115. The summed E-state index contributed by atoms with van der Waals surface area (Å²) in [5.74, 6) is -0.197. The molecule has 0 aromatic rings. The Hall–Kier alpha value is -2.20. The number of nitrogens with zero attached hydrogens (tertiary/aromatic N) is 3. The van der Waals surface area contributed by atoms with Crippen LogP contribution in [-0.4, -0.2) is 85.2 Å². The van der Waals surface area contributed by atoms with Crippen LogP contribution < -0.4 is 22.3 Å². The standard InChI is InChI=1S/C14H25N7O7S/c15-13(16)18-5-8-3-9(17-4-8)7-27-19-12(22)11-2-1-10-6-20(11)14(23)21(10)28-29(24,25)26/h8-11,17H,1-7H2,(H,19,22)(H4,15,16,18)(H,24,25,26)/t8-,9-,10+,11-/m0/s1. The van der Waals surface area contributed by atoms with Gasteiger partial charge in [-0.2, -0.15) is 13.5 Å². The molecule has 3 saturated heterocycles. The second-order valence-corrected chi connectivity index (χ2v) is 8.26. The first-order valence-corrected chi connectivity index (χ1v) is 10.5. The molecule has 0 aromatic carbocycles. The molecular weight excluding hydrogens is 410 g/mol. The van der Waals surface area contributed by atoms with E-state index >= 15 is 0 Å². The molecule has 15 heteroatoms. The van der Waals surface area contributed by atoms with Gasteiger partial charge in [0.05, 0.1) is 12.6 Å². The maximum atomic E-state index is 12.4. The van der Waals surface area contributed by atoms with Crippen molar-refractivity contribution in [3.05, 3.63) is 0 Å². The summed E-state index contributed by atoms with van der Waals surface area (Å²) in [6, 6.07) is -2.15. The highest BCUT2D eigenvalue weighted by Gasteiger charge is 2.49. The summed E-state index contributed by atoms with van der Waals surface area (Å²) >= 11 is 0. The Balaban J connectivity index is 1.44. The number of aliphatic imine (C=N–C) groups is 1. The van der Waals surface area contributed by atoms with E-state index in [1.165, 1.54) is 4.90 Å². The summed E-state index contributed by atoms with van der Waals surface area (Å²) in [5.41, 5.74) is 13.0. The second kappa shape index (κ2) is 8.66. The molecule has 3 aliphatic rings. The lowest BCUT2D eigenvalue weighted by atomic mass is 10.0. The summed E-state index contributed by atoms with van der Waals surface area (Å²) < 4.78 is 34.9. The first-order chi connectivity index (χ1) is 13.6. The van der Waals surface area contributed by atoms with E-state index in [0.717, 1.165) is 13.0 Å². The third-order valence-corrected chi connectivity index (χ3v) is 5.45. The van der Waals surface area contributed by atoms with Gasteiger partial charge in [-0.25, -0.2) is 10.3 Å². The minimum absolute atomic E-state index is 0.0253. The minimum atomic E-state index is -4.83. The lowest BCUT2D eigenvalue weighted by Crippen LogP contribution is -2.50. The van der Waals surface area contributed by atoms with Crippen molar-refractivity contribution in [2.24, 2.45) is 22.4 Å². The van der Waals surface area contributed by atoms with Crippen molar-refractivity contribution in [2.45, 2.75) is 37.4 Å². The molecule has 0 unspecified atom stereocenters. The van der Waals surface area contributed by atoms with Crippen LogP contribution in [0.3, 0.4) is 0 Å². The Bertz CT molecular complexity index is 772. The summed E-state index contributed by atoms with van der Waals surface area (Å²) in [7, 11) is -4.83. The number of rotatable bonds is 8. The van der Waals surface area contributed by atoms with E-state index in [0.29, 0.717) is 24.4 Å². The van der Waals surface area contributed by atoms with E-state index in [1.807, 2.05) is 0 Å². The molecule has 3 fully saturated rings. The number of nitrogens with two attached hydrogens (primary N) is 2. The molecule has 3 amide bonds. The van der Waals surface area contributed by atoms with Crippen molar-refractivity contribution < 1.29 is 31.7 Å². The molecule has 3 aliphatic heterocycles. The summed E-state index contributed by atoms with van der Waals surface area (Å²) in [5, 5.41) is 3.84. The Labute approximate surface area is 167 Å². The van der Waals surface area contributed by atoms with E-state index in [9.17, 15) is 18.0 Å². The van der Waals surface area contributed by atoms with Crippen molar-refractivity contribution in [1.82, 2.24) is 20.8 Å². The van der Waals surface area contributed by atoms with Gasteiger partial charge >= 0.3 is 16.4 Å². The largest absolute Gasteiger partial charge is 0.418 e. The molecule has 29 heavy (non-hydrogen) atoms. The van der Waals surface area contributed by atoms with E-state index in [-0.39, 0.29) is 31.1 Å². The van der Waals surface area contributed by atoms with Gasteiger partial charge in [0, 0.05) is 25.7 Å². The number of fused-ring (bicyclic) bond motifs is 2. The molecule has 0 aromatic heterocycles. The van der Waals surface area contributed by atoms with Gasteiger partial charge < -0.3 is 21.7 Å². The van der Waals surface area contributed by atoms with Gasteiger partial charge in [-0.05, 0) is 25.2 Å². The van der Waals surface area contributed by atoms with Crippen molar-refractivity contribution in [3.63, 3.8) is 0 Å². The van der Waals surface area contributed by atoms with Crippen LogP contribution >= 0.6 is 0 Å². The normalized spacial score (nSPS) is 29.2. The zero-order valence-electron chi connectivity index (χ0n) is 15.6. The average molecular weight is 435 g/mol. The number of amides is 3. The molecule has 4 atom stereocenters. The fourth-order valence-corrected chi connectivity index (χ4v) is 4.18. The van der Waals surface area contributed by atoms with Crippen LogP contribution in [0, 0.1) is 5.92 Å². The number of urea groups is 1. The maximum absolute atomic E-state index is 12.4. The van der Waals surface area contributed by atoms with E-state index in [2.05, 4.69) is 20.1 Å². The van der Waals surface area contributed by atoms with Crippen LogP contribution in [-0.2, 0) is 24.3 Å². The first kappa shape index (κ1) is 21.5. The minimum Gasteiger partial charge on any atom is -0.370 e. The fraction of sp³-hybridized carbons (Fsp3) is 0.786. The molecule has 2 bridgehead atoms. The summed E-state index contributed by atoms with van der Waals surface area (Å²) in [6.07, 6.45) is 1.43. The molecule has 0 radical (unpaired) electrons. The smallest absolute Gasteiger partial charge is 0.370 e. The van der Waals surface area contributed by atoms with Gasteiger partial charge in [-0.3, -0.25) is 19.2 Å². The zero-order valence-corrected chi connectivity index (χ0v) is 16.4. The van der Waals surface area contributed by atoms with Crippen molar-refractivity contribution in [3.8, 4) is 0 Å². The molecule has 0 aliphatic carbocycles. The van der Waals surface area contributed by atoms with Gasteiger partial charge in [-0.1, -0.05) is 0 Å². The molecule has 0 saturated carbocycles. The van der Waals surface area contributed by atoms with Crippen molar-refractivity contribution in [1.29, 1.82) is 0 Å². The maximum Gasteiger partial charge on any atom is 0.418 e. The van der Waals surface area contributed by atoms with Gasteiger partial charge in [-0.15, -0.1) is 4.28 Å². The number of piperidine rings is 1. The highest BCUT2D eigenvalue weighted by molar-refractivity contribution is 7.80. The number of guanidine groups is 1. The van der Waals surface area contributed by atoms with Gasteiger partial charge in [0.25, 0.3) is 5.91 Å². The van der Waals surface area contributed by atoms with Crippen LogP contribution in [0.25, 0.3) is 0 Å². The van der Waals surface area contributed by atoms with Gasteiger partial charge in [0.15, 0.2) is 5.96 Å². The third-order valence-electron chi connectivity index (χ3n) is 5.10. The molecule has 0 spiro atoms. The topological polar surface area (TPSA) is 202 Å². The lowest BCUT2D eigenvalue weighted by Gasteiger charge is -2.29. The Morgan fingerprint density at radius 3 is 2.83 bits per heavy atom. The fourth-order valence-electron chi connectivity index (χ4n) is 3.79. The number of hydrogen-bond acceptors (Lipinski definition) is 8. The first-order valence-electron chi connectivity index (χ1n) is 9.11. The summed E-state index contributed by atoms with van der Waals surface area (Å²) in [6.45, 7) is 1.59. The molecule has 164 valence electrons. The predicted molar refractivity (Wildman–Crippen MR) is 98.1 cm³/mol. The third kappa shape index (κ3) is 5.45. The average Bonchev–Trinajstić information content (AvgIpc) is 3.18. The van der Waals surface area contributed by atoms with E-state index in [1.54, 1.807) is 0 Å². The van der Waals surface area contributed by atoms with Crippen molar-refractivity contribution in [2.75, 3.05) is 26.2 Å². The monoisotopic (exact) mass is 435 g/mol. The number of nitrogens with one attached hydrogen (secondary N) is 2. The summed E-state index contributed by atoms with van der Waals surface area (Å²) in [4.78, 5) is 35.2. The lowest BCUT2D eigenvalue weighted by molar-refractivity contribution is -0.139. The second-order valence-electron chi connectivity index (χ2n) is 7.26. The van der Waals surface area contributed by atoms with E-state index in [4.69, 9.17) is 20.9 Å². The predicted octanol–water partition coefficient (Wildman–Crippen LogP) is -2.71. The molecular formula is C14H25N7O7S. The highest BCUT2D eigenvalue weighted by Crippen LogP contribution is 2.30. The molecule has 3 heterocycles. The van der Waals surface area contributed by atoms with Crippen LogP contribution in [0.4, 0.5) is 4.79 Å². The van der Waals surface area contributed by atoms with Crippen LogP contribution in [0.15, 0.2) is 4.99 Å². The Morgan fingerprint density at radius 1 is 1.38 bits per heavy atom. The number of carbonyl (C=O) groups excluding carboxylic acids is 2. The van der Waals surface area contributed by atoms with E-state index < -0.39 is 34.4 Å². The van der Waals surface area contributed by atoms with Gasteiger partial charge in [0.1, 0.15) is 6.04 Å².